The molecule has 0 bridgehead atoms. The van der Waals surface area contributed by atoms with Crippen LogP contribution < -0.4 is 5.32 Å². The number of hydrogen-bond donors (Lipinski definition) is 1. The van der Waals surface area contributed by atoms with Gasteiger partial charge in [-0.2, -0.15) is 0 Å². The maximum Gasteiger partial charge on any atom is 0.224 e. The van der Waals surface area contributed by atoms with E-state index in [9.17, 15) is 4.79 Å². The van der Waals surface area contributed by atoms with E-state index in [2.05, 4.69) is 41.4 Å². The van der Waals surface area contributed by atoms with Gasteiger partial charge in [-0.05, 0) is 56.1 Å². The normalized spacial score (nSPS) is 16.2. The summed E-state index contributed by atoms with van der Waals surface area (Å²) >= 11 is 5.91. The van der Waals surface area contributed by atoms with Crippen molar-refractivity contribution in [3.63, 3.8) is 0 Å². The molecule has 1 aliphatic heterocycles. The summed E-state index contributed by atoms with van der Waals surface area (Å²) < 4.78 is 0. The van der Waals surface area contributed by atoms with Crippen LogP contribution in [0.3, 0.4) is 0 Å². The monoisotopic (exact) mass is 370 g/mol. The Balaban J connectivity index is 1.64. The molecule has 1 aliphatic rings. The molecule has 0 aromatic heterocycles. The number of aryl methyl sites for hydroxylation is 1. The molecule has 0 spiro atoms. The van der Waals surface area contributed by atoms with Crippen LogP contribution in [0.4, 0.5) is 0 Å². The van der Waals surface area contributed by atoms with Crippen molar-refractivity contribution >= 4 is 17.5 Å². The van der Waals surface area contributed by atoms with Crippen molar-refractivity contribution < 1.29 is 4.79 Å². The predicted molar refractivity (Wildman–Crippen MR) is 108 cm³/mol. The Morgan fingerprint density at radius 1 is 1.04 bits per heavy atom. The zero-order valence-electron chi connectivity index (χ0n) is 15.4. The summed E-state index contributed by atoms with van der Waals surface area (Å²) in [5.74, 6) is 0.0569. The van der Waals surface area contributed by atoms with Crippen molar-refractivity contribution in [3.8, 4) is 0 Å². The van der Waals surface area contributed by atoms with Crippen molar-refractivity contribution in [2.24, 2.45) is 0 Å². The summed E-state index contributed by atoms with van der Waals surface area (Å²) in [6.07, 6.45) is 4.17. The van der Waals surface area contributed by atoms with Gasteiger partial charge < -0.3 is 5.32 Å². The van der Waals surface area contributed by atoms with E-state index in [0.29, 0.717) is 18.0 Å². The molecule has 1 heterocycles. The largest absolute Gasteiger partial charge is 0.354 e. The molecule has 26 heavy (non-hydrogen) atoms. The molecule has 1 atom stereocenters. The third-order valence-corrected chi connectivity index (χ3v) is 5.32. The molecular formula is C22H27ClN2O. The SMILES string of the molecule is Cc1ccc([C@H](CNC(=O)Cc2ccc(Cl)cc2)N2CCCCC2)cc1. The number of rotatable bonds is 6. The molecule has 1 fully saturated rings. The van der Waals surface area contributed by atoms with Crippen molar-refractivity contribution in [3.05, 3.63) is 70.2 Å². The molecule has 1 saturated heterocycles. The van der Waals surface area contributed by atoms with E-state index in [1.807, 2.05) is 24.3 Å². The van der Waals surface area contributed by atoms with Crippen molar-refractivity contribution in [2.45, 2.75) is 38.6 Å². The van der Waals surface area contributed by atoms with Crippen LogP contribution in [0.5, 0.6) is 0 Å². The van der Waals surface area contributed by atoms with Gasteiger partial charge in [0, 0.05) is 11.6 Å². The summed E-state index contributed by atoms with van der Waals surface area (Å²) in [5, 5.41) is 3.84. The van der Waals surface area contributed by atoms with Crippen LogP contribution in [0, 0.1) is 6.92 Å². The fraction of sp³-hybridized carbons (Fsp3) is 0.409. The van der Waals surface area contributed by atoms with E-state index < -0.39 is 0 Å². The molecule has 2 aromatic carbocycles. The zero-order valence-corrected chi connectivity index (χ0v) is 16.1. The van der Waals surface area contributed by atoms with Gasteiger partial charge in [-0.25, -0.2) is 0 Å². The van der Waals surface area contributed by atoms with Gasteiger partial charge in [0.1, 0.15) is 0 Å². The summed E-state index contributed by atoms with van der Waals surface area (Å²) in [6.45, 7) is 4.96. The first-order chi connectivity index (χ1) is 12.6. The molecule has 138 valence electrons. The van der Waals surface area contributed by atoms with Gasteiger partial charge in [-0.3, -0.25) is 9.69 Å². The Labute approximate surface area is 161 Å². The molecule has 1 N–H and O–H groups in total. The molecule has 0 radical (unpaired) electrons. The van der Waals surface area contributed by atoms with Crippen molar-refractivity contribution in [1.29, 1.82) is 0 Å². The summed E-state index contributed by atoms with van der Waals surface area (Å²) in [4.78, 5) is 14.9. The van der Waals surface area contributed by atoms with Crippen molar-refractivity contribution in [2.75, 3.05) is 19.6 Å². The topological polar surface area (TPSA) is 32.3 Å². The van der Waals surface area contributed by atoms with Crippen LogP contribution in [0.2, 0.25) is 5.02 Å². The second-order valence-electron chi connectivity index (χ2n) is 7.13. The predicted octanol–water partition coefficient (Wildman–Crippen LogP) is 4.53. The first-order valence-electron chi connectivity index (χ1n) is 9.43. The fourth-order valence-electron chi connectivity index (χ4n) is 3.54. The van der Waals surface area contributed by atoms with Gasteiger partial charge in [0.25, 0.3) is 0 Å². The number of halogens is 1. The second kappa shape index (κ2) is 9.20. The summed E-state index contributed by atoms with van der Waals surface area (Å²) in [6, 6.07) is 16.4. The number of carbonyl (C=O) groups excluding carboxylic acids is 1. The highest BCUT2D eigenvalue weighted by Crippen LogP contribution is 2.24. The molecule has 0 aliphatic carbocycles. The van der Waals surface area contributed by atoms with Crippen LogP contribution in [-0.2, 0) is 11.2 Å². The van der Waals surface area contributed by atoms with Gasteiger partial charge in [0.05, 0.1) is 12.5 Å². The molecule has 1 amide bonds. The van der Waals surface area contributed by atoms with E-state index in [4.69, 9.17) is 11.6 Å². The number of nitrogens with one attached hydrogen (secondary N) is 1. The minimum Gasteiger partial charge on any atom is -0.354 e. The minimum atomic E-state index is 0.0569. The molecule has 2 aromatic rings. The Morgan fingerprint density at radius 2 is 1.69 bits per heavy atom. The van der Waals surface area contributed by atoms with E-state index >= 15 is 0 Å². The Hall–Kier alpha value is -1.84. The highest BCUT2D eigenvalue weighted by molar-refractivity contribution is 6.30. The Morgan fingerprint density at radius 3 is 2.35 bits per heavy atom. The van der Waals surface area contributed by atoms with Crippen LogP contribution in [0.1, 0.15) is 42.0 Å². The molecule has 0 unspecified atom stereocenters. The average Bonchev–Trinajstić information content (AvgIpc) is 2.66. The molecule has 4 heteroatoms. The van der Waals surface area contributed by atoms with E-state index in [1.54, 1.807) is 0 Å². The quantitative estimate of drug-likeness (QED) is 0.809. The highest BCUT2D eigenvalue weighted by atomic mass is 35.5. The molecule has 3 nitrogen and oxygen atoms in total. The highest BCUT2D eigenvalue weighted by Gasteiger charge is 2.22. The van der Waals surface area contributed by atoms with Crippen molar-refractivity contribution in [1.82, 2.24) is 10.2 Å². The number of nitrogens with zero attached hydrogens (tertiary/aromatic N) is 1. The van der Waals surface area contributed by atoms with E-state index in [1.165, 1.54) is 30.4 Å². The third kappa shape index (κ3) is 5.33. The van der Waals surface area contributed by atoms with E-state index in [-0.39, 0.29) is 11.9 Å². The zero-order chi connectivity index (χ0) is 18.4. The first kappa shape index (κ1) is 18.9. The van der Waals surface area contributed by atoms with Gasteiger partial charge in [-0.15, -0.1) is 0 Å². The van der Waals surface area contributed by atoms with Gasteiger partial charge in [0.2, 0.25) is 5.91 Å². The molecular weight excluding hydrogens is 344 g/mol. The lowest BCUT2D eigenvalue weighted by Crippen LogP contribution is -2.41. The van der Waals surface area contributed by atoms with Crippen LogP contribution in [0.25, 0.3) is 0 Å². The second-order valence-corrected chi connectivity index (χ2v) is 7.57. The lowest BCUT2D eigenvalue weighted by molar-refractivity contribution is -0.120. The molecule has 0 saturated carbocycles. The van der Waals surface area contributed by atoms with E-state index in [0.717, 1.165) is 18.7 Å². The standard InChI is InChI=1S/C22H27ClN2O/c1-17-5-9-19(10-6-17)21(25-13-3-2-4-14-25)16-24-22(26)15-18-7-11-20(23)12-8-18/h5-12,21H,2-4,13-16H2,1H3,(H,24,26)/t21-/m0/s1. The van der Waals surface area contributed by atoms with Crippen LogP contribution >= 0.6 is 11.6 Å². The van der Waals surface area contributed by atoms with Gasteiger partial charge >= 0.3 is 0 Å². The summed E-state index contributed by atoms with van der Waals surface area (Å²) in [7, 11) is 0. The smallest absolute Gasteiger partial charge is 0.224 e. The maximum atomic E-state index is 12.4. The number of carbonyl (C=O) groups is 1. The summed E-state index contributed by atoms with van der Waals surface area (Å²) in [5.41, 5.74) is 3.53. The Kier molecular flexibility index (Phi) is 6.70. The number of likely N-dealkylation sites (tertiary alicyclic amines) is 1. The Bertz CT molecular complexity index is 706. The number of benzene rings is 2. The van der Waals surface area contributed by atoms with Gasteiger partial charge in [0.15, 0.2) is 0 Å². The number of amides is 1. The average molecular weight is 371 g/mol. The number of piperidine rings is 1. The lowest BCUT2D eigenvalue weighted by atomic mass is 10.0. The third-order valence-electron chi connectivity index (χ3n) is 5.06. The van der Waals surface area contributed by atoms with Crippen LogP contribution in [-0.4, -0.2) is 30.4 Å². The maximum absolute atomic E-state index is 12.4. The lowest BCUT2D eigenvalue weighted by Gasteiger charge is -2.35. The molecule has 3 rings (SSSR count). The minimum absolute atomic E-state index is 0.0569. The first-order valence-corrected chi connectivity index (χ1v) is 9.81. The fourth-order valence-corrected chi connectivity index (χ4v) is 3.66. The van der Waals surface area contributed by atoms with Gasteiger partial charge in [-0.1, -0.05) is 60.0 Å². The van der Waals surface area contributed by atoms with Crippen LogP contribution in [0.15, 0.2) is 48.5 Å². The number of hydrogen-bond acceptors (Lipinski definition) is 2.